The number of halogens is 1. The first-order valence-corrected chi connectivity index (χ1v) is 6.30. The van der Waals surface area contributed by atoms with Gasteiger partial charge in [-0.25, -0.2) is 0 Å². The molecule has 1 aromatic rings. The van der Waals surface area contributed by atoms with Gasteiger partial charge in [0.2, 0.25) is 0 Å². The minimum atomic E-state index is 0.119. The molecular formula is C13H13BrO2. The molecule has 2 nitrogen and oxygen atoms in total. The SMILES string of the molecule is BrC1=C[C@@H]2C[C@@H](OCc3ccccc3)[C@H]1O2. The molecule has 0 unspecified atom stereocenters. The number of hydrogen-bond acceptors (Lipinski definition) is 2. The molecule has 2 heterocycles. The van der Waals surface area contributed by atoms with Crippen LogP contribution in [0.4, 0.5) is 0 Å². The fourth-order valence-corrected chi connectivity index (χ4v) is 2.94. The maximum absolute atomic E-state index is 5.90. The highest BCUT2D eigenvalue weighted by Gasteiger charge is 2.41. The van der Waals surface area contributed by atoms with Crippen LogP contribution < -0.4 is 0 Å². The molecule has 2 aliphatic rings. The van der Waals surface area contributed by atoms with E-state index in [0.29, 0.717) is 6.61 Å². The van der Waals surface area contributed by atoms with Gasteiger partial charge >= 0.3 is 0 Å². The van der Waals surface area contributed by atoms with Crippen LogP contribution in [-0.4, -0.2) is 18.3 Å². The molecular weight excluding hydrogens is 268 g/mol. The molecule has 3 heteroatoms. The first-order valence-electron chi connectivity index (χ1n) is 5.51. The van der Waals surface area contributed by atoms with Crippen molar-refractivity contribution in [3.8, 4) is 0 Å². The summed E-state index contributed by atoms with van der Waals surface area (Å²) < 4.78 is 12.8. The molecule has 3 rings (SSSR count). The van der Waals surface area contributed by atoms with E-state index in [0.717, 1.165) is 10.9 Å². The van der Waals surface area contributed by atoms with E-state index in [-0.39, 0.29) is 18.3 Å². The van der Waals surface area contributed by atoms with Gasteiger partial charge in [-0.15, -0.1) is 0 Å². The Morgan fingerprint density at radius 3 is 2.81 bits per heavy atom. The zero-order valence-corrected chi connectivity index (χ0v) is 10.4. The highest BCUT2D eigenvalue weighted by atomic mass is 79.9. The van der Waals surface area contributed by atoms with E-state index in [4.69, 9.17) is 9.47 Å². The summed E-state index contributed by atoms with van der Waals surface area (Å²) in [5, 5.41) is 0. The lowest BCUT2D eigenvalue weighted by Crippen LogP contribution is -2.25. The lowest BCUT2D eigenvalue weighted by Gasteiger charge is -2.18. The van der Waals surface area contributed by atoms with Crippen molar-refractivity contribution in [3.63, 3.8) is 0 Å². The standard InChI is InChI=1S/C13H13BrO2/c14-11-6-10-7-12(13(11)16-10)15-8-9-4-2-1-3-5-9/h1-6,10,12-13H,7-8H2/t10-,12-,13+/m1/s1. The molecule has 2 aliphatic heterocycles. The topological polar surface area (TPSA) is 18.5 Å². The second-order valence-electron chi connectivity index (χ2n) is 4.22. The minimum Gasteiger partial charge on any atom is -0.370 e. The Kier molecular flexibility index (Phi) is 2.84. The van der Waals surface area contributed by atoms with E-state index in [1.54, 1.807) is 0 Å². The number of rotatable bonds is 3. The average Bonchev–Trinajstić information content (AvgIpc) is 2.86. The first-order chi connectivity index (χ1) is 7.83. The summed E-state index contributed by atoms with van der Waals surface area (Å²) in [4.78, 5) is 0. The van der Waals surface area contributed by atoms with Gasteiger partial charge in [0, 0.05) is 10.9 Å². The van der Waals surface area contributed by atoms with Gasteiger partial charge in [-0.2, -0.15) is 0 Å². The van der Waals surface area contributed by atoms with Gasteiger partial charge in [-0.1, -0.05) is 46.3 Å². The van der Waals surface area contributed by atoms with Crippen LogP contribution in [-0.2, 0) is 16.1 Å². The predicted octanol–water partition coefficient (Wildman–Crippen LogP) is 3.02. The smallest absolute Gasteiger partial charge is 0.116 e. The third-order valence-corrected chi connectivity index (χ3v) is 3.76. The Morgan fingerprint density at radius 2 is 2.12 bits per heavy atom. The molecule has 1 aromatic carbocycles. The molecule has 16 heavy (non-hydrogen) atoms. The van der Waals surface area contributed by atoms with Crippen LogP contribution in [0.1, 0.15) is 12.0 Å². The largest absolute Gasteiger partial charge is 0.370 e. The van der Waals surface area contributed by atoms with Crippen LogP contribution in [0.25, 0.3) is 0 Å². The van der Waals surface area contributed by atoms with Crippen molar-refractivity contribution in [1.82, 2.24) is 0 Å². The van der Waals surface area contributed by atoms with Crippen LogP contribution in [0.5, 0.6) is 0 Å². The van der Waals surface area contributed by atoms with Crippen molar-refractivity contribution < 1.29 is 9.47 Å². The third-order valence-electron chi connectivity index (χ3n) is 3.05. The first kappa shape index (κ1) is 10.5. The van der Waals surface area contributed by atoms with E-state index in [1.165, 1.54) is 5.56 Å². The van der Waals surface area contributed by atoms with Crippen LogP contribution in [0.3, 0.4) is 0 Å². The summed E-state index contributed by atoms with van der Waals surface area (Å²) in [7, 11) is 0. The molecule has 0 radical (unpaired) electrons. The summed E-state index contributed by atoms with van der Waals surface area (Å²) in [6.07, 6.45) is 3.68. The summed E-state index contributed by atoms with van der Waals surface area (Å²) in [6, 6.07) is 10.2. The van der Waals surface area contributed by atoms with Gasteiger partial charge in [-0.3, -0.25) is 0 Å². The second kappa shape index (κ2) is 4.32. The minimum absolute atomic E-state index is 0.119. The molecule has 3 atom stereocenters. The molecule has 2 bridgehead atoms. The molecule has 0 amide bonds. The van der Waals surface area contributed by atoms with Crippen molar-refractivity contribution in [1.29, 1.82) is 0 Å². The Bertz CT molecular complexity index is 402. The van der Waals surface area contributed by atoms with Crippen molar-refractivity contribution in [2.45, 2.75) is 31.3 Å². The number of hydrogen-bond donors (Lipinski definition) is 0. The van der Waals surface area contributed by atoms with Crippen LogP contribution in [0, 0.1) is 0 Å². The number of benzene rings is 1. The van der Waals surface area contributed by atoms with Crippen molar-refractivity contribution in [3.05, 3.63) is 46.5 Å². The molecule has 0 aromatic heterocycles. The van der Waals surface area contributed by atoms with E-state index < -0.39 is 0 Å². The Morgan fingerprint density at radius 1 is 1.31 bits per heavy atom. The second-order valence-corrected chi connectivity index (χ2v) is 5.13. The zero-order chi connectivity index (χ0) is 11.0. The summed E-state index contributed by atoms with van der Waals surface area (Å²) >= 11 is 3.52. The monoisotopic (exact) mass is 280 g/mol. The van der Waals surface area contributed by atoms with E-state index >= 15 is 0 Å². The highest BCUT2D eigenvalue weighted by Crippen LogP contribution is 2.38. The quantitative estimate of drug-likeness (QED) is 0.848. The van der Waals surface area contributed by atoms with Gasteiger partial charge < -0.3 is 9.47 Å². The lowest BCUT2D eigenvalue weighted by atomic mass is 10.0. The molecule has 0 N–H and O–H groups in total. The fraction of sp³-hybridized carbons (Fsp3) is 0.385. The predicted molar refractivity (Wildman–Crippen MR) is 65.3 cm³/mol. The summed E-state index contributed by atoms with van der Waals surface area (Å²) in [5.41, 5.74) is 1.21. The molecule has 0 saturated carbocycles. The lowest BCUT2D eigenvalue weighted by molar-refractivity contribution is 0.00272. The van der Waals surface area contributed by atoms with Crippen LogP contribution in [0.2, 0.25) is 0 Å². The van der Waals surface area contributed by atoms with Gasteiger partial charge in [0.1, 0.15) is 6.10 Å². The van der Waals surface area contributed by atoms with Crippen LogP contribution in [0.15, 0.2) is 40.9 Å². The van der Waals surface area contributed by atoms with Gasteiger partial charge in [0.25, 0.3) is 0 Å². The van der Waals surface area contributed by atoms with Crippen molar-refractivity contribution in [2.75, 3.05) is 0 Å². The maximum atomic E-state index is 5.90. The molecule has 1 saturated heterocycles. The number of ether oxygens (including phenoxy) is 2. The summed E-state index contributed by atoms with van der Waals surface area (Å²) in [5.74, 6) is 0. The zero-order valence-electron chi connectivity index (χ0n) is 8.80. The Labute approximate surface area is 103 Å². The van der Waals surface area contributed by atoms with Gasteiger partial charge in [0.05, 0.1) is 18.8 Å². The average molecular weight is 281 g/mol. The van der Waals surface area contributed by atoms with E-state index in [1.807, 2.05) is 18.2 Å². The van der Waals surface area contributed by atoms with Gasteiger partial charge in [0.15, 0.2) is 0 Å². The fourth-order valence-electron chi connectivity index (χ4n) is 2.24. The molecule has 0 aliphatic carbocycles. The third kappa shape index (κ3) is 1.95. The molecule has 0 spiro atoms. The summed E-state index contributed by atoms with van der Waals surface area (Å²) in [6.45, 7) is 0.665. The molecule has 1 fully saturated rings. The van der Waals surface area contributed by atoms with E-state index in [2.05, 4.69) is 34.1 Å². The van der Waals surface area contributed by atoms with Gasteiger partial charge in [-0.05, 0) is 11.6 Å². The Hall–Kier alpha value is -0.640. The van der Waals surface area contributed by atoms with Crippen molar-refractivity contribution >= 4 is 15.9 Å². The highest BCUT2D eigenvalue weighted by molar-refractivity contribution is 9.11. The molecule has 84 valence electrons. The van der Waals surface area contributed by atoms with Crippen molar-refractivity contribution in [2.24, 2.45) is 0 Å². The Balaban J connectivity index is 1.60. The maximum Gasteiger partial charge on any atom is 0.116 e. The normalized spacial score (nSPS) is 31.8. The van der Waals surface area contributed by atoms with Crippen LogP contribution >= 0.6 is 15.9 Å². The van der Waals surface area contributed by atoms with E-state index in [9.17, 15) is 0 Å². The number of fused-ring (bicyclic) bond motifs is 2.